The SMILES string of the molecule is CCC(CCC(C)[C@H]1CC[C@H]2[C@@H]3CC=C4C[C@@H](OS(=O)(=O)O)CC[C@]4(C)[C@H]3CC[C@]12C)C(C)C. The van der Waals surface area contributed by atoms with E-state index in [1.54, 1.807) is 0 Å². The number of hydrogen-bond acceptors (Lipinski definition) is 3. The lowest BCUT2D eigenvalue weighted by Gasteiger charge is -2.58. The van der Waals surface area contributed by atoms with Crippen molar-refractivity contribution in [3.05, 3.63) is 11.6 Å². The Kier molecular flexibility index (Phi) is 7.70. The van der Waals surface area contributed by atoms with Crippen molar-refractivity contribution in [3.63, 3.8) is 0 Å². The second-order valence-corrected chi connectivity index (χ2v) is 14.4. The third-order valence-corrected chi connectivity index (χ3v) is 12.1. The van der Waals surface area contributed by atoms with Crippen LogP contribution in [0.5, 0.6) is 0 Å². The molecule has 2 unspecified atom stereocenters. The Morgan fingerprint density at radius 2 is 1.79 bits per heavy atom. The van der Waals surface area contributed by atoms with Crippen LogP contribution in [-0.4, -0.2) is 19.1 Å². The van der Waals surface area contributed by atoms with E-state index >= 15 is 0 Å². The number of hydrogen-bond donors (Lipinski definition) is 1. The zero-order chi connectivity index (χ0) is 24.9. The zero-order valence-corrected chi connectivity index (χ0v) is 23.4. The summed E-state index contributed by atoms with van der Waals surface area (Å²) in [5.74, 6) is 5.64. The normalized spacial score (nSPS) is 41.9. The first-order valence-electron chi connectivity index (χ1n) is 14.2. The lowest BCUT2D eigenvalue weighted by atomic mass is 9.47. The molecule has 196 valence electrons. The van der Waals surface area contributed by atoms with Crippen molar-refractivity contribution in [1.82, 2.24) is 0 Å². The molecule has 5 heteroatoms. The smallest absolute Gasteiger partial charge is 0.264 e. The molecule has 1 N–H and O–H groups in total. The first-order chi connectivity index (χ1) is 15.9. The summed E-state index contributed by atoms with van der Waals surface area (Å²) in [5.41, 5.74) is 2.03. The molecule has 0 saturated heterocycles. The van der Waals surface area contributed by atoms with E-state index < -0.39 is 16.5 Å². The van der Waals surface area contributed by atoms with Gasteiger partial charge in [0.1, 0.15) is 0 Å². The Labute approximate surface area is 209 Å². The molecule has 0 aromatic heterocycles. The molecule has 4 aliphatic rings. The third-order valence-electron chi connectivity index (χ3n) is 11.5. The fourth-order valence-corrected chi connectivity index (χ4v) is 10.1. The maximum atomic E-state index is 11.3. The largest absolute Gasteiger partial charge is 0.397 e. The van der Waals surface area contributed by atoms with Crippen LogP contribution in [0.4, 0.5) is 0 Å². The van der Waals surface area contributed by atoms with E-state index in [-0.39, 0.29) is 5.41 Å². The van der Waals surface area contributed by atoms with Gasteiger partial charge >= 0.3 is 10.4 Å². The maximum Gasteiger partial charge on any atom is 0.397 e. The molecule has 0 radical (unpaired) electrons. The van der Waals surface area contributed by atoms with Gasteiger partial charge in [-0.25, -0.2) is 4.18 Å². The Hall–Kier alpha value is -0.390. The average molecular weight is 495 g/mol. The van der Waals surface area contributed by atoms with E-state index in [0.717, 1.165) is 48.3 Å². The fraction of sp³-hybridized carbons (Fsp3) is 0.931. The van der Waals surface area contributed by atoms with Gasteiger partial charge in [-0.15, -0.1) is 0 Å². The van der Waals surface area contributed by atoms with Gasteiger partial charge < -0.3 is 0 Å². The minimum absolute atomic E-state index is 0.165. The molecule has 4 rings (SSSR count). The molecule has 0 aromatic carbocycles. The van der Waals surface area contributed by atoms with Crippen LogP contribution in [0.15, 0.2) is 11.6 Å². The van der Waals surface area contributed by atoms with Gasteiger partial charge in [-0.05, 0) is 110 Å². The summed E-state index contributed by atoms with van der Waals surface area (Å²) in [6.07, 6.45) is 15.0. The molecule has 0 heterocycles. The predicted octanol–water partition coefficient (Wildman–Crippen LogP) is 7.85. The molecule has 0 spiro atoms. The van der Waals surface area contributed by atoms with Gasteiger partial charge in [0.2, 0.25) is 0 Å². The second-order valence-electron chi connectivity index (χ2n) is 13.3. The Morgan fingerprint density at radius 3 is 2.44 bits per heavy atom. The Bertz CT molecular complexity index is 863. The molecule has 9 atom stereocenters. The third kappa shape index (κ3) is 4.92. The predicted molar refractivity (Wildman–Crippen MR) is 139 cm³/mol. The van der Waals surface area contributed by atoms with Crippen molar-refractivity contribution >= 4 is 10.4 Å². The van der Waals surface area contributed by atoms with Crippen molar-refractivity contribution in [3.8, 4) is 0 Å². The minimum Gasteiger partial charge on any atom is -0.264 e. The topological polar surface area (TPSA) is 63.6 Å². The van der Waals surface area contributed by atoms with Crippen LogP contribution in [0.25, 0.3) is 0 Å². The van der Waals surface area contributed by atoms with Gasteiger partial charge in [0, 0.05) is 0 Å². The van der Waals surface area contributed by atoms with Crippen LogP contribution < -0.4 is 0 Å². The molecule has 0 bridgehead atoms. The van der Waals surface area contributed by atoms with Crippen LogP contribution in [0.2, 0.25) is 0 Å². The van der Waals surface area contributed by atoms with Crippen LogP contribution >= 0.6 is 0 Å². The van der Waals surface area contributed by atoms with Crippen molar-refractivity contribution in [2.24, 2.45) is 52.3 Å². The van der Waals surface area contributed by atoms with E-state index in [4.69, 9.17) is 8.74 Å². The fourth-order valence-electron chi connectivity index (χ4n) is 9.54. The lowest BCUT2D eigenvalue weighted by Crippen LogP contribution is -2.51. The summed E-state index contributed by atoms with van der Waals surface area (Å²) < 4.78 is 36.7. The lowest BCUT2D eigenvalue weighted by molar-refractivity contribution is -0.0563. The summed E-state index contributed by atoms with van der Waals surface area (Å²) >= 11 is 0. The maximum absolute atomic E-state index is 11.3. The standard InChI is InChI=1S/C29H50O4S/c1-7-21(19(2)3)9-8-20(4)25-12-13-26-24-11-10-22-18-23(33-34(30,31)32)14-16-28(22,5)27(24)15-17-29(25,26)6/h10,19-21,23-27H,7-9,11-18H2,1-6H3,(H,30,31,32)/t20?,21?,23-,24-,25+,26-,27-,28-,29+/m0/s1. The van der Waals surface area contributed by atoms with Gasteiger partial charge in [-0.3, -0.25) is 4.55 Å². The molecular formula is C29H50O4S. The van der Waals surface area contributed by atoms with Crippen molar-refractivity contribution in [2.75, 3.05) is 0 Å². The highest BCUT2D eigenvalue weighted by Gasteiger charge is 2.59. The summed E-state index contributed by atoms with van der Waals surface area (Å²) in [6, 6.07) is 0. The van der Waals surface area contributed by atoms with Gasteiger partial charge in [0.25, 0.3) is 0 Å². The van der Waals surface area contributed by atoms with E-state index in [0.29, 0.717) is 24.2 Å². The van der Waals surface area contributed by atoms with Crippen LogP contribution in [0.3, 0.4) is 0 Å². The van der Waals surface area contributed by atoms with E-state index in [1.165, 1.54) is 50.5 Å². The van der Waals surface area contributed by atoms with Crippen LogP contribution in [-0.2, 0) is 14.6 Å². The molecule has 34 heavy (non-hydrogen) atoms. The quantitative estimate of drug-likeness (QED) is 0.276. The molecule has 0 aromatic rings. The van der Waals surface area contributed by atoms with Gasteiger partial charge in [0.05, 0.1) is 6.10 Å². The summed E-state index contributed by atoms with van der Waals surface area (Å²) in [4.78, 5) is 0. The second kappa shape index (κ2) is 9.82. The minimum atomic E-state index is -4.38. The number of fused-ring (bicyclic) bond motifs is 5. The van der Waals surface area contributed by atoms with E-state index in [9.17, 15) is 8.42 Å². The van der Waals surface area contributed by atoms with Gasteiger partial charge in [-0.1, -0.05) is 66.0 Å². The first kappa shape index (κ1) is 26.7. The summed E-state index contributed by atoms with van der Waals surface area (Å²) in [5, 5.41) is 0. The number of rotatable bonds is 8. The molecule has 4 aliphatic carbocycles. The highest BCUT2D eigenvalue weighted by atomic mass is 32.3. The van der Waals surface area contributed by atoms with E-state index in [2.05, 4.69) is 47.6 Å². The first-order valence-corrected chi connectivity index (χ1v) is 15.6. The molecule has 3 fully saturated rings. The number of allylic oxidation sites excluding steroid dienone is 1. The molecular weight excluding hydrogens is 444 g/mol. The molecule has 0 aliphatic heterocycles. The monoisotopic (exact) mass is 494 g/mol. The van der Waals surface area contributed by atoms with Crippen LogP contribution in [0, 0.1) is 52.3 Å². The molecule has 4 nitrogen and oxygen atoms in total. The average Bonchev–Trinajstić information content (AvgIpc) is 3.10. The molecule has 0 amide bonds. The van der Waals surface area contributed by atoms with Crippen molar-refractivity contribution in [2.45, 2.75) is 118 Å². The molecule has 3 saturated carbocycles. The summed E-state index contributed by atoms with van der Waals surface area (Å²) in [6.45, 7) is 14.8. The van der Waals surface area contributed by atoms with Crippen molar-refractivity contribution in [1.29, 1.82) is 0 Å². The Balaban J connectivity index is 1.46. The Morgan fingerprint density at radius 1 is 1.06 bits per heavy atom. The highest BCUT2D eigenvalue weighted by molar-refractivity contribution is 7.80. The zero-order valence-electron chi connectivity index (χ0n) is 22.6. The van der Waals surface area contributed by atoms with Gasteiger partial charge in [0.15, 0.2) is 0 Å². The van der Waals surface area contributed by atoms with Gasteiger partial charge in [-0.2, -0.15) is 8.42 Å². The van der Waals surface area contributed by atoms with Crippen molar-refractivity contribution < 1.29 is 17.2 Å². The van der Waals surface area contributed by atoms with Crippen LogP contribution in [0.1, 0.15) is 112 Å². The summed E-state index contributed by atoms with van der Waals surface area (Å²) in [7, 11) is -4.38. The van der Waals surface area contributed by atoms with E-state index in [1.807, 2.05) is 0 Å². The highest BCUT2D eigenvalue weighted by Crippen LogP contribution is 2.67.